The number of rotatable bonds is 7. The van der Waals surface area contributed by atoms with Crippen LogP contribution in [0, 0.1) is 11.6 Å². The fraction of sp³-hybridized carbons (Fsp3) is 0.278. The number of unbranched alkanes of at least 4 members (excludes halogenated alkanes) is 1. The average molecular weight is 406 g/mol. The van der Waals surface area contributed by atoms with Crippen LogP contribution in [0.4, 0.5) is 19.5 Å². The lowest BCUT2D eigenvalue weighted by atomic mass is 10.1. The van der Waals surface area contributed by atoms with Crippen LogP contribution in [0.5, 0.6) is 0 Å². The van der Waals surface area contributed by atoms with E-state index in [1.54, 1.807) is 11.7 Å². The van der Waals surface area contributed by atoms with Gasteiger partial charge in [0.2, 0.25) is 0 Å². The first kappa shape index (κ1) is 19.9. The highest BCUT2D eigenvalue weighted by Gasteiger charge is 2.22. The van der Waals surface area contributed by atoms with E-state index < -0.39 is 17.5 Å². The Morgan fingerprint density at radius 3 is 2.68 bits per heavy atom. The average Bonchev–Trinajstić information content (AvgIpc) is 3.19. The summed E-state index contributed by atoms with van der Waals surface area (Å²) in [6.45, 7) is 0.588. The van der Waals surface area contributed by atoms with Crippen LogP contribution in [0.3, 0.4) is 0 Å². The van der Waals surface area contributed by atoms with Crippen LogP contribution < -0.4 is 16.8 Å². The number of aromatic nitrogens is 3. The van der Waals surface area contributed by atoms with Gasteiger partial charge in [-0.25, -0.2) is 13.8 Å². The molecule has 2 aromatic heterocycles. The molecule has 2 heterocycles. The summed E-state index contributed by atoms with van der Waals surface area (Å²) in [7, 11) is 1.78. The quantitative estimate of drug-likeness (QED) is 0.522. The lowest BCUT2D eigenvalue weighted by molar-refractivity contribution is 0.102. The zero-order valence-electron chi connectivity index (χ0n) is 15.2. The molecule has 0 unspecified atom stereocenters. The van der Waals surface area contributed by atoms with Crippen molar-refractivity contribution in [3.63, 3.8) is 0 Å². The first-order valence-electron chi connectivity index (χ1n) is 8.65. The van der Waals surface area contributed by atoms with Crippen molar-refractivity contribution < 1.29 is 13.6 Å². The van der Waals surface area contributed by atoms with E-state index in [1.807, 2.05) is 0 Å². The summed E-state index contributed by atoms with van der Waals surface area (Å²) in [6.07, 6.45) is 3.95. The smallest absolute Gasteiger partial charge is 0.277 e. The molecule has 0 aliphatic carbocycles. The highest BCUT2D eigenvalue weighted by Crippen LogP contribution is 2.33. The Bertz CT molecular complexity index is 980. The molecule has 1 amide bonds. The summed E-state index contributed by atoms with van der Waals surface area (Å²) in [5.41, 5.74) is 12.4. The molecule has 10 heteroatoms. The summed E-state index contributed by atoms with van der Waals surface area (Å²) in [4.78, 5) is 16.7. The second kappa shape index (κ2) is 8.44. The number of hydrogen-bond donors (Lipinski definition) is 3. The molecule has 3 rings (SSSR count). The molecule has 28 heavy (non-hydrogen) atoms. The maximum absolute atomic E-state index is 14.0. The largest absolute Gasteiger partial charge is 0.389 e. The fourth-order valence-electron chi connectivity index (χ4n) is 2.79. The first-order valence-corrected chi connectivity index (χ1v) is 9.47. The first-order chi connectivity index (χ1) is 13.4. The van der Waals surface area contributed by atoms with Crippen molar-refractivity contribution >= 4 is 27.9 Å². The summed E-state index contributed by atoms with van der Waals surface area (Å²) in [6, 6.07) is 3.51. The van der Waals surface area contributed by atoms with E-state index in [-0.39, 0.29) is 21.3 Å². The van der Waals surface area contributed by atoms with Crippen LogP contribution in [0.2, 0.25) is 0 Å². The van der Waals surface area contributed by atoms with Gasteiger partial charge in [-0.3, -0.25) is 9.48 Å². The summed E-state index contributed by atoms with van der Waals surface area (Å²) in [5.74, 6) is -2.10. The Morgan fingerprint density at radius 1 is 1.29 bits per heavy atom. The molecular weight excluding hydrogens is 386 g/mol. The highest BCUT2D eigenvalue weighted by molar-refractivity contribution is 7.19. The number of nitrogen functional groups attached to an aromatic ring is 1. The lowest BCUT2D eigenvalue weighted by Gasteiger charge is -2.07. The van der Waals surface area contributed by atoms with Crippen LogP contribution in [-0.2, 0) is 13.5 Å². The number of halogens is 2. The Labute approximate surface area is 164 Å². The van der Waals surface area contributed by atoms with Crippen molar-refractivity contribution in [2.75, 3.05) is 17.6 Å². The Balaban J connectivity index is 1.84. The molecule has 0 bridgehead atoms. The molecule has 5 N–H and O–H groups in total. The summed E-state index contributed by atoms with van der Waals surface area (Å²) < 4.78 is 29.7. The third kappa shape index (κ3) is 4.02. The molecule has 3 aromatic rings. The van der Waals surface area contributed by atoms with Crippen molar-refractivity contribution in [3.05, 3.63) is 47.4 Å². The SMILES string of the molecule is Cn1ncc(NC(=O)c2nc(-c3c(F)cccc3F)sc2N)c1CCCCN. The van der Waals surface area contributed by atoms with Crippen molar-refractivity contribution in [1.82, 2.24) is 14.8 Å². The number of nitrogens with zero attached hydrogens (tertiary/aromatic N) is 3. The van der Waals surface area contributed by atoms with Gasteiger partial charge in [-0.15, -0.1) is 0 Å². The van der Waals surface area contributed by atoms with Crippen molar-refractivity contribution in [1.29, 1.82) is 0 Å². The number of aryl methyl sites for hydroxylation is 1. The lowest BCUT2D eigenvalue weighted by Crippen LogP contribution is -2.15. The predicted octanol–water partition coefficient (Wildman–Crippen LogP) is 2.94. The van der Waals surface area contributed by atoms with Gasteiger partial charge < -0.3 is 16.8 Å². The van der Waals surface area contributed by atoms with Crippen molar-refractivity contribution in [2.24, 2.45) is 12.8 Å². The van der Waals surface area contributed by atoms with Gasteiger partial charge in [-0.2, -0.15) is 5.10 Å². The number of nitrogens with two attached hydrogens (primary N) is 2. The number of thiazole rings is 1. The zero-order chi connectivity index (χ0) is 20.3. The van der Waals surface area contributed by atoms with E-state index in [4.69, 9.17) is 11.5 Å². The minimum atomic E-state index is -0.768. The third-order valence-corrected chi connectivity index (χ3v) is 5.12. The molecule has 148 valence electrons. The van der Waals surface area contributed by atoms with Gasteiger partial charge in [0.25, 0.3) is 5.91 Å². The number of hydrogen-bond acceptors (Lipinski definition) is 6. The number of anilines is 2. The van der Waals surface area contributed by atoms with E-state index in [0.29, 0.717) is 18.7 Å². The van der Waals surface area contributed by atoms with Crippen molar-refractivity contribution in [2.45, 2.75) is 19.3 Å². The molecule has 0 spiro atoms. The molecule has 0 fully saturated rings. The Kier molecular flexibility index (Phi) is 6.00. The third-order valence-electron chi connectivity index (χ3n) is 4.22. The highest BCUT2D eigenvalue weighted by atomic mass is 32.1. The Hall–Kier alpha value is -2.85. The molecule has 7 nitrogen and oxygen atoms in total. The van der Waals surface area contributed by atoms with Crippen LogP contribution >= 0.6 is 11.3 Å². The van der Waals surface area contributed by atoms with Gasteiger partial charge in [-0.1, -0.05) is 17.4 Å². The fourth-order valence-corrected chi connectivity index (χ4v) is 3.66. The number of benzene rings is 1. The molecule has 0 atom stereocenters. The monoisotopic (exact) mass is 406 g/mol. The van der Waals surface area contributed by atoms with Gasteiger partial charge in [-0.05, 0) is 37.9 Å². The second-order valence-corrected chi connectivity index (χ2v) is 7.19. The Morgan fingerprint density at radius 2 is 2.00 bits per heavy atom. The number of carbonyl (C=O) groups is 1. The topological polar surface area (TPSA) is 112 Å². The van der Waals surface area contributed by atoms with Gasteiger partial charge >= 0.3 is 0 Å². The minimum Gasteiger partial charge on any atom is -0.389 e. The summed E-state index contributed by atoms with van der Waals surface area (Å²) in [5, 5.41) is 6.98. The van der Waals surface area contributed by atoms with E-state index in [0.717, 1.165) is 42.0 Å². The molecule has 0 aliphatic heterocycles. The number of amides is 1. The van der Waals surface area contributed by atoms with E-state index >= 15 is 0 Å². The van der Waals surface area contributed by atoms with Gasteiger partial charge in [0.15, 0.2) is 5.69 Å². The second-order valence-electron chi connectivity index (χ2n) is 6.16. The molecule has 1 aromatic carbocycles. The molecule has 0 radical (unpaired) electrons. The van der Waals surface area contributed by atoms with Crippen LogP contribution in [0.25, 0.3) is 10.6 Å². The molecule has 0 aliphatic rings. The van der Waals surface area contributed by atoms with Gasteiger partial charge in [0.05, 0.1) is 23.1 Å². The van der Waals surface area contributed by atoms with E-state index in [2.05, 4.69) is 15.4 Å². The van der Waals surface area contributed by atoms with Crippen LogP contribution in [0.1, 0.15) is 29.0 Å². The normalized spacial score (nSPS) is 11.0. The van der Waals surface area contributed by atoms with Crippen LogP contribution in [-0.4, -0.2) is 27.2 Å². The maximum Gasteiger partial charge on any atom is 0.277 e. The van der Waals surface area contributed by atoms with Gasteiger partial charge in [0, 0.05) is 7.05 Å². The van der Waals surface area contributed by atoms with Crippen LogP contribution in [0.15, 0.2) is 24.4 Å². The molecule has 0 saturated heterocycles. The van der Waals surface area contributed by atoms with E-state index in [9.17, 15) is 13.6 Å². The van der Waals surface area contributed by atoms with Crippen molar-refractivity contribution in [3.8, 4) is 10.6 Å². The minimum absolute atomic E-state index is 0.00704. The molecule has 0 saturated carbocycles. The summed E-state index contributed by atoms with van der Waals surface area (Å²) >= 11 is 0.852. The number of nitrogens with one attached hydrogen (secondary N) is 1. The standard InChI is InChI=1S/C18H20F2N6OS/c1-26-13(7-2-3-8-21)12(9-23-26)24-17(27)15-16(22)28-18(25-15)14-10(19)5-4-6-11(14)20/h4-6,9H,2-3,7-8,21-22H2,1H3,(H,24,27). The van der Waals surface area contributed by atoms with E-state index in [1.165, 1.54) is 12.3 Å². The predicted molar refractivity (Wildman–Crippen MR) is 105 cm³/mol. The number of carbonyl (C=O) groups excluding carboxylic acids is 1. The molecular formula is C18H20F2N6OS. The zero-order valence-corrected chi connectivity index (χ0v) is 16.0. The van der Waals surface area contributed by atoms with Gasteiger partial charge in [0.1, 0.15) is 21.6 Å². The maximum atomic E-state index is 14.0.